The first kappa shape index (κ1) is 14.2. The highest BCUT2D eigenvalue weighted by atomic mass is 32.2. The standard InChI is InChI=1S/C12H25N3O2S/c1-12(2)6-11(12)8-14-18(16,17)15-5-3-4-10(7-13)9-15/h10-11,14H,3-9,13H2,1-2H3. The predicted molar refractivity (Wildman–Crippen MR) is 72.2 cm³/mol. The lowest BCUT2D eigenvalue weighted by atomic mass is 10.0. The van der Waals surface area contributed by atoms with Gasteiger partial charge >= 0.3 is 0 Å². The molecule has 106 valence electrons. The van der Waals surface area contributed by atoms with E-state index in [1.165, 1.54) is 0 Å². The smallest absolute Gasteiger partial charge is 0.279 e. The Hall–Kier alpha value is -0.170. The maximum Gasteiger partial charge on any atom is 0.279 e. The quantitative estimate of drug-likeness (QED) is 0.769. The van der Waals surface area contributed by atoms with Gasteiger partial charge in [-0.2, -0.15) is 12.7 Å². The van der Waals surface area contributed by atoms with Gasteiger partial charge in [0.25, 0.3) is 10.2 Å². The number of piperidine rings is 1. The van der Waals surface area contributed by atoms with Crippen molar-refractivity contribution in [2.75, 3.05) is 26.2 Å². The fourth-order valence-corrected chi connectivity index (χ4v) is 4.03. The minimum absolute atomic E-state index is 0.310. The lowest BCUT2D eigenvalue weighted by molar-refractivity contribution is 0.268. The molecule has 0 aromatic heterocycles. The highest BCUT2D eigenvalue weighted by Crippen LogP contribution is 2.51. The minimum Gasteiger partial charge on any atom is -0.330 e. The van der Waals surface area contributed by atoms with Crippen LogP contribution >= 0.6 is 0 Å². The Morgan fingerprint density at radius 1 is 1.44 bits per heavy atom. The Balaban J connectivity index is 1.86. The molecule has 0 spiro atoms. The van der Waals surface area contributed by atoms with E-state index in [1.807, 2.05) is 0 Å². The Kier molecular flexibility index (Phi) is 4.02. The van der Waals surface area contributed by atoms with Gasteiger partial charge in [-0.05, 0) is 43.1 Å². The Bertz CT molecular complexity index is 394. The summed E-state index contributed by atoms with van der Waals surface area (Å²) in [5.74, 6) is 0.801. The van der Waals surface area contributed by atoms with Crippen LogP contribution in [0.5, 0.6) is 0 Å². The van der Waals surface area contributed by atoms with E-state index in [-0.39, 0.29) is 0 Å². The molecular weight excluding hydrogens is 250 g/mol. The van der Waals surface area contributed by atoms with Crippen molar-refractivity contribution >= 4 is 10.2 Å². The monoisotopic (exact) mass is 275 g/mol. The third kappa shape index (κ3) is 3.23. The summed E-state index contributed by atoms with van der Waals surface area (Å²) in [4.78, 5) is 0. The van der Waals surface area contributed by atoms with Crippen LogP contribution < -0.4 is 10.5 Å². The zero-order chi connectivity index (χ0) is 13.4. The molecule has 2 aliphatic rings. The molecule has 2 rings (SSSR count). The summed E-state index contributed by atoms with van der Waals surface area (Å²) in [5, 5.41) is 0. The largest absolute Gasteiger partial charge is 0.330 e. The first-order valence-corrected chi connectivity index (χ1v) is 8.24. The fraction of sp³-hybridized carbons (Fsp3) is 1.00. The molecule has 6 heteroatoms. The highest BCUT2D eigenvalue weighted by Gasteiger charge is 2.45. The van der Waals surface area contributed by atoms with Crippen molar-refractivity contribution in [3.05, 3.63) is 0 Å². The van der Waals surface area contributed by atoms with Gasteiger partial charge in [0.2, 0.25) is 0 Å². The van der Waals surface area contributed by atoms with Gasteiger partial charge in [0.1, 0.15) is 0 Å². The summed E-state index contributed by atoms with van der Waals surface area (Å²) in [5.41, 5.74) is 5.94. The van der Waals surface area contributed by atoms with Crippen molar-refractivity contribution in [2.24, 2.45) is 23.0 Å². The average molecular weight is 275 g/mol. The summed E-state index contributed by atoms with van der Waals surface area (Å²) in [6, 6.07) is 0. The Labute approximate surface area is 110 Å². The van der Waals surface area contributed by atoms with Crippen LogP contribution in [-0.2, 0) is 10.2 Å². The van der Waals surface area contributed by atoms with Gasteiger partial charge in [-0.25, -0.2) is 4.72 Å². The van der Waals surface area contributed by atoms with E-state index in [0.717, 1.165) is 19.3 Å². The van der Waals surface area contributed by atoms with Crippen molar-refractivity contribution in [2.45, 2.75) is 33.1 Å². The molecular formula is C12H25N3O2S. The molecule has 0 amide bonds. The van der Waals surface area contributed by atoms with Crippen molar-refractivity contribution in [1.82, 2.24) is 9.03 Å². The normalized spacial score (nSPS) is 32.4. The lowest BCUT2D eigenvalue weighted by Crippen LogP contribution is -2.47. The molecule has 1 saturated carbocycles. The molecule has 5 nitrogen and oxygen atoms in total. The van der Waals surface area contributed by atoms with E-state index < -0.39 is 10.2 Å². The van der Waals surface area contributed by atoms with Crippen LogP contribution in [0.15, 0.2) is 0 Å². The van der Waals surface area contributed by atoms with Crippen LogP contribution in [0.2, 0.25) is 0 Å². The zero-order valence-electron chi connectivity index (χ0n) is 11.4. The second-order valence-corrected chi connectivity index (χ2v) is 8.10. The number of hydrogen-bond acceptors (Lipinski definition) is 3. The van der Waals surface area contributed by atoms with Gasteiger partial charge in [0.15, 0.2) is 0 Å². The van der Waals surface area contributed by atoms with E-state index in [1.54, 1.807) is 4.31 Å². The van der Waals surface area contributed by atoms with Crippen molar-refractivity contribution < 1.29 is 8.42 Å². The van der Waals surface area contributed by atoms with Crippen molar-refractivity contribution in [1.29, 1.82) is 0 Å². The second-order valence-electron chi connectivity index (χ2n) is 6.35. The van der Waals surface area contributed by atoms with Crippen molar-refractivity contribution in [3.8, 4) is 0 Å². The molecule has 1 aliphatic carbocycles. The zero-order valence-corrected chi connectivity index (χ0v) is 12.2. The van der Waals surface area contributed by atoms with Crippen LogP contribution in [0.25, 0.3) is 0 Å². The van der Waals surface area contributed by atoms with Crippen LogP contribution in [-0.4, -0.2) is 38.9 Å². The molecule has 2 unspecified atom stereocenters. The Morgan fingerprint density at radius 2 is 2.11 bits per heavy atom. The number of nitrogens with zero attached hydrogens (tertiary/aromatic N) is 1. The van der Waals surface area contributed by atoms with E-state index >= 15 is 0 Å². The average Bonchev–Trinajstić information content (AvgIpc) is 2.95. The van der Waals surface area contributed by atoms with Gasteiger partial charge in [-0.1, -0.05) is 13.8 Å². The molecule has 0 aromatic carbocycles. The summed E-state index contributed by atoms with van der Waals surface area (Å²) < 4.78 is 28.6. The molecule has 3 N–H and O–H groups in total. The van der Waals surface area contributed by atoms with Crippen LogP contribution in [0.1, 0.15) is 33.1 Å². The van der Waals surface area contributed by atoms with E-state index in [4.69, 9.17) is 5.73 Å². The summed E-state index contributed by atoms with van der Waals surface area (Å²) >= 11 is 0. The fourth-order valence-electron chi connectivity index (χ4n) is 2.66. The summed E-state index contributed by atoms with van der Waals surface area (Å²) in [7, 11) is -3.30. The van der Waals surface area contributed by atoms with E-state index in [2.05, 4.69) is 18.6 Å². The molecule has 0 aromatic rings. The summed E-state index contributed by atoms with van der Waals surface area (Å²) in [6.45, 7) is 6.69. The Morgan fingerprint density at radius 3 is 2.67 bits per heavy atom. The van der Waals surface area contributed by atoms with Gasteiger partial charge in [0, 0.05) is 19.6 Å². The predicted octanol–water partition coefficient (Wildman–Crippen LogP) is 0.538. The minimum atomic E-state index is -3.30. The van der Waals surface area contributed by atoms with E-state index in [0.29, 0.717) is 43.4 Å². The van der Waals surface area contributed by atoms with E-state index in [9.17, 15) is 8.42 Å². The van der Waals surface area contributed by atoms with Crippen LogP contribution in [0.3, 0.4) is 0 Å². The third-order valence-corrected chi connectivity index (χ3v) is 5.93. The SMILES string of the molecule is CC1(C)CC1CNS(=O)(=O)N1CCCC(CN)C1. The number of nitrogens with one attached hydrogen (secondary N) is 1. The molecule has 1 heterocycles. The lowest BCUT2D eigenvalue weighted by Gasteiger charge is -2.31. The van der Waals surface area contributed by atoms with Gasteiger partial charge in [-0.15, -0.1) is 0 Å². The highest BCUT2D eigenvalue weighted by molar-refractivity contribution is 7.87. The number of nitrogens with two attached hydrogens (primary N) is 1. The third-order valence-electron chi connectivity index (χ3n) is 4.38. The molecule has 2 atom stereocenters. The molecule has 1 saturated heterocycles. The molecule has 18 heavy (non-hydrogen) atoms. The maximum absolute atomic E-state index is 12.2. The topological polar surface area (TPSA) is 75.4 Å². The first-order chi connectivity index (χ1) is 8.35. The first-order valence-electron chi connectivity index (χ1n) is 6.80. The van der Waals surface area contributed by atoms with Gasteiger partial charge in [-0.3, -0.25) is 0 Å². The molecule has 1 aliphatic heterocycles. The second kappa shape index (κ2) is 5.07. The van der Waals surface area contributed by atoms with Crippen molar-refractivity contribution in [3.63, 3.8) is 0 Å². The van der Waals surface area contributed by atoms with Crippen LogP contribution in [0, 0.1) is 17.3 Å². The molecule has 2 fully saturated rings. The number of hydrogen-bond donors (Lipinski definition) is 2. The maximum atomic E-state index is 12.2. The number of rotatable bonds is 5. The van der Waals surface area contributed by atoms with Crippen LogP contribution in [0.4, 0.5) is 0 Å². The molecule has 0 radical (unpaired) electrons. The molecule has 0 bridgehead atoms. The summed E-state index contributed by atoms with van der Waals surface area (Å²) in [6.07, 6.45) is 3.07. The van der Waals surface area contributed by atoms with Gasteiger partial charge < -0.3 is 5.73 Å². The van der Waals surface area contributed by atoms with Gasteiger partial charge in [0.05, 0.1) is 0 Å².